The number of hydrogen-bond acceptors (Lipinski definition) is 5. The Bertz CT molecular complexity index is 666. The van der Waals surface area contributed by atoms with E-state index in [1.807, 2.05) is 6.92 Å². The number of nitrogens with zero attached hydrogens (tertiary/aromatic N) is 1. The average molecular weight is 504 g/mol. The van der Waals surface area contributed by atoms with Gasteiger partial charge in [0.15, 0.2) is 0 Å². The smallest absolute Gasteiger partial charge is 0.244 e. The van der Waals surface area contributed by atoms with Gasteiger partial charge in [0.2, 0.25) is 17.7 Å². The molecule has 0 aromatic heterocycles. The molecule has 2 bridgehead atoms. The summed E-state index contributed by atoms with van der Waals surface area (Å²) in [4.78, 5) is 41.7. The predicted molar refractivity (Wildman–Crippen MR) is 121 cm³/mol. The first-order chi connectivity index (χ1) is 14.4. The zero-order chi connectivity index (χ0) is 21.9. The van der Waals surface area contributed by atoms with Crippen LogP contribution in [0.2, 0.25) is 0 Å². The number of hydrogen-bond donors (Lipinski definition) is 3. The number of aliphatic hydroxyl groups excluding tert-OH is 1. The molecule has 7 nitrogen and oxygen atoms in total. The summed E-state index contributed by atoms with van der Waals surface area (Å²) in [6, 6.07) is -0.565. The fraction of sp³-hybridized carbons (Fsp3) is 0.857. The van der Waals surface area contributed by atoms with Crippen molar-refractivity contribution in [1.29, 1.82) is 0 Å². The Hall–Kier alpha value is -0.800. The summed E-state index contributed by atoms with van der Waals surface area (Å²) in [7, 11) is 0. The molecular weight excluding hydrogens is 470 g/mol. The maximum absolute atomic E-state index is 13.6. The molecule has 0 saturated carbocycles. The van der Waals surface area contributed by atoms with Gasteiger partial charge in [0.25, 0.3) is 0 Å². The molecule has 3 aliphatic heterocycles. The van der Waals surface area contributed by atoms with Crippen LogP contribution in [0, 0.1) is 11.8 Å². The topological polar surface area (TPSA) is 98.7 Å². The summed E-state index contributed by atoms with van der Waals surface area (Å²) >= 11 is 5.42. The highest BCUT2D eigenvalue weighted by Crippen LogP contribution is 2.67. The summed E-state index contributed by atoms with van der Waals surface area (Å²) in [5.74, 6) is -1.13. The van der Waals surface area contributed by atoms with Crippen molar-refractivity contribution in [3.8, 4) is 0 Å². The number of rotatable bonds is 11. The van der Waals surface area contributed by atoms with E-state index in [9.17, 15) is 19.5 Å². The monoisotopic (exact) mass is 503 g/mol. The van der Waals surface area contributed by atoms with Crippen LogP contribution in [-0.4, -0.2) is 74.8 Å². The highest BCUT2D eigenvalue weighted by Gasteiger charge is 2.75. The molecular formula is C21H34BrN3O4S. The van der Waals surface area contributed by atoms with Crippen LogP contribution in [0.1, 0.15) is 52.4 Å². The lowest BCUT2D eigenvalue weighted by Crippen LogP contribution is -2.55. The van der Waals surface area contributed by atoms with E-state index in [1.54, 1.807) is 16.7 Å². The normalized spacial score (nSPS) is 34.3. The fourth-order valence-electron chi connectivity index (χ4n) is 5.22. The molecule has 0 radical (unpaired) electrons. The second-order valence-electron chi connectivity index (χ2n) is 8.56. The standard InChI is InChI=1S/C21H34BrN3O4S/c1-3-5-9-24-19(28)17-21-12-13(22)16(30-21)14(18(27)23-8-4-2)15(21)20(29)25(17)10-6-7-11-26/h13-17,26H,3-12H2,1-2H3,(H,23,27)(H,24,28)/t13?,14-,15+,16-,17?,21?/m1/s1. The second-order valence-corrected chi connectivity index (χ2v) is 11.3. The minimum atomic E-state index is -0.570. The van der Waals surface area contributed by atoms with Crippen LogP contribution in [0.3, 0.4) is 0 Å². The lowest BCUT2D eigenvalue weighted by molar-refractivity contribution is -0.140. The number of carbonyl (C=O) groups excluding carboxylic acids is 3. The number of fused-ring (bicyclic) bond motifs is 1. The number of aliphatic hydroxyl groups is 1. The lowest BCUT2D eigenvalue weighted by Gasteiger charge is -2.35. The van der Waals surface area contributed by atoms with Crippen LogP contribution in [0.4, 0.5) is 0 Å². The fourth-order valence-corrected chi connectivity index (χ4v) is 8.83. The molecule has 0 aliphatic carbocycles. The van der Waals surface area contributed by atoms with Gasteiger partial charge in [0.1, 0.15) is 6.04 Å². The number of alkyl halides is 1. The Kier molecular flexibility index (Phi) is 8.12. The minimum Gasteiger partial charge on any atom is -0.396 e. The molecule has 3 unspecified atom stereocenters. The van der Waals surface area contributed by atoms with E-state index in [4.69, 9.17) is 0 Å². The molecule has 0 aromatic rings. The quantitative estimate of drug-likeness (QED) is 0.294. The molecule has 3 amide bonds. The van der Waals surface area contributed by atoms with Gasteiger partial charge < -0.3 is 20.6 Å². The number of likely N-dealkylation sites (tertiary alicyclic amines) is 1. The van der Waals surface area contributed by atoms with Gasteiger partial charge in [-0.05, 0) is 32.1 Å². The Balaban J connectivity index is 1.91. The molecule has 0 aromatic carbocycles. The third-order valence-corrected chi connectivity index (χ3v) is 9.75. The van der Waals surface area contributed by atoms with Gasteiger partial charge >= 0.3 is 0 Å². The maximum Gasteiger partial charge on any atom is 0.244 e. The molecule has 3 heterocycles. The molecule has 6 atom stereocenters. The number of unbranched alkanes of at least 4 members (excludes halogenated alkanes) is 2. The Morgan fingerprint density at radius 1 is 1.17 bits per heavy atom. The molecule has 3 saturated heterocycles. The van der Waals surface area contributed by atoms with E-state index in [2.05, 4.69) is 33.5 Å². The van der Waals surface area contributed by atoms with Crippen molar-refractivity contribution < 1.29 is 19.5 Å². The number of amides is 3. The van der Waals surface area contributed by atoms with Crippen molar-refractivity contribution in [2.45, 2.75) is 73.2 Å². The first kappa shape index (κ1) is 23.9. The lowest BCUT2D eigenvalue weighted by atomic mass is 9.70. The van der Waals surface area contributed by atoms with Crippen molar-refractivity contribution >= 4 is 45.4 Å². The zero-order valence-corrected chi connectivity index (χ0v) is 20.3. The zero-order valence-electron chi connectivity index (χ0n) is 17.9. The van der Waals surface area contributed by atoms with Crippen molar-refractivity contribution in [2.24, 2.45) is 11.8 Å². The Labute approximate surface area is 191 Å². The van der Waals surface area contributed by atoms with Crippen LogP contribution in [0.5, 0.6) is 0 Å². The third-order valence-electron chi connectivity index (χ3n) is 6.53. The second kappa shape index (κ2) is 10.2. The van der Waals surface area contributed by atoms with Crippen molar-refractivity contribution in [1.82, 2.24) is 15.5 Å². The van der Waals surface area contributed by atoms with Gasteiger partial charge in [-0.25, -0.2) is 0 Å². The number of halogens is 1. The van der Waals surface area contributed by atoms with Crippen LogP contribution in [0.25, 0.3) is 0 Å². The largest absolute Gasteiger partial charge is 0.396 e. The van der Waals surface area contributed by atoms with Gasteiger partial charge in [0.05, 0.1) is 16.6 Å². The minimum absolute atomic E-state index is 0.00124. The summed E-state index contributed by atoms with van der Waals surface area (Å²) in [5, 5.41) is 15.2. The third kappa shape index (κ3) is 4.13. The molecule has 3 N–H and O–H groups in total. The van der Waals surface area contributed by atoms with Gasteiger partial charge in [-0.15, -0.1) is 11.8 Å². The molecule has 3 fully saturated rings. The highest BCUT2D eigenvalue weighted by atomic mass is 79.9. The molecule has 1 spiro atoms. The number of nitrogens with one attached hydrogen (secondary N) is 2. The van der Waals surface area contributed by atoms with E-state index >= 15 is 0 Å². The number of carbonyl (C=O) groups is 3. The summed E-state index contributed by atoms with van der Waals surface area (Å²) in [6.45, 7) is 5.76. The van der Waals surface area contributed by atoms with E-state index < -0.39 is 22.6 Å². The summed E-state index contributed by atoms with van der Waals surface area (Å²) < 4.78 is -0.570. The Morgan fingerprint density at radius 2 is 1.90 bits per heavy atom. The molecule has 9 heteroatoms. The summed E-state index contributed by atoms with van der Waals surface area (Å²) in [5.41, 5.74) is 0. The molecule has 3 rings (SSSR count). The van der Waals surface area contributed by atoms with Crippen molar-refractivity contribution in [2.75, 3.05) is 26.2 Å². The van der Waals surface area contributed by atoms with Crippen LogP contribution in [0.15, 0.2) is 0 Å². The molecule has 3 aliphatic rings. The van der Waals surface area contributed by atoms with Crippen LogP contribution in [-0.2, 0) is 14.4 Å². The van der Waals surface area contributed by atoms with Crippen molar-refractivity contribution in [3.63, 3.8) is 0 Å². The van der Waals surface area contributed by atoms with Crippen molar-refractivity contribution in [3.05, 3.63) is 0 Å². The molecule has 170 valence electrons. The van der Waals surface area contributed by atoms with Crippen LogP contribution < -0.4 is 10.6 Å². The van der Waals surface area contributed by atoms with Gasteiger partial charge in [0, 0.05) is 36.3 Å². The summed E-state index contributed by atoms with van der Waals surface area (Å²) in [6.07, 6.45) is 4.65. The van der Waals surface area contributed by atoms with Gasteiger partial charge in [-0.3, -0.25) is 14.4 Å². The van der Waals surface area contributed by atoms with E-state index in [1.165, 1.54) is 0 Å². The van der Waals surface area contributed by atoms with Gasteiger partial charge in [-0.1, -0.05) is 36.2 Å². The van der Waals surface area contributed by atoms with E-state index in [-0.39, 0.29) is 34.4 Å². The van der Waals surface area contributed by atoms with Crippen LogP contribution >= 0.6 is 27.7 Å². The Morgan fingerprint density at radius 3 is 2.57 bits per heavy atom. The van der Waals surface area contributed by atoms with E-state index in [0.29, 0.717) is 38.9 Å². The average Bonchev–Trinajstić information content (AvgIpc) is 3.30. The number of thioether (sulfide) groups is 1. The SMILES string of the molecule is CCCCNC(=O)C1N(CCCCO)C(=O)[C@@H]2[C@@H](C(=O)NCCC)[C@@H]3SC12CC3Br. The van der Waals surface area contributed by atoms with Gasteiger partial charge in [-0.2, -0.15) is 0 Å². The maximum atomic E-state index is 13.6. The molecule has 30 heavy (non-hydrogen) atoms. The first-order valence-electron chi connectivity index (χ1n) is 11.2. The first-order valence-corrected chi connectivity index (χ1v) is 13.0. The predicted octanol–water partition coefficient (Wildman–Crippen LogP) is 1.67. The van der Waals surface area contributed by atoms with E-state index in [0.717, 1.165) is 19.3 Å². The highest BCUT2D eigenvalue weighted by molar-refractivity contribution is 9.09.